The molecule has 2 rings (SSSR count). The quantitative estimate of drug-likeness (QED) is 0.102. The lowest BCUT2D eigenvalue weighted by Gasteiger charge is -2.19. The number of hydrogen-bond acceptors (Lipinski definition) is 6. The van der Waals surface area contributed by atoms with E-state index in [9.17, 15) is 39.0 Å². The molecule has 0 saturated carbocycles. The molecule has 0 aliphatic heterocycles. The van der Waals surface area contributed by atoms with Crippen molar-refractivity contribution in [1.29, 1.82) is 0 Å². The largest absolute Gasteiger partial charge is 0.478 e. The number of nitrogens with one attached hydrogen (secondary N) is 4. The van der Waals surface area contributed by atoms with Gasteiger partial charge in [-0.25, -0.2) is 9.59 Å². The number of carboxylic acid groups (broad SMARTS) is 2. The Morgan fingerprint density at radius 2 is 0.864 bits per heavy atom. The van der Waals surface area contributed by atoms with E-state index < -0.39 is 11.9 Å². The minimum absolute atomic E-state index is 0.0325. The van der Waals surface area contributed by atoms with E-state index in [1.807, 2.05) is 136 Å². The van der Waals surface area contributed by atoms with Gasteiger partial charge in [0.05, 0.1) is 29.6 Å². The SMILES string of the molecule is CC(=O)NCc1c(I)c(NC(=O)CCCCC(=O)Nc2c(I)c(CNC(C)=O)c(I)c(C(=O)O)c2I)c(I)c(C(=O)O)c1I. The first kappa shape index (κ1) is 39.8. The summed E-state index contributed by atoms with van der Waals surface area (Å²) in [5, 5.41) is 30.5. The average molecular weight is 1280 g/mol. The molecule has 2 aromatic carbocycles. The van der Waals surface area contributed by atoms with Crippen molar-refractivity contribution in [3.8, 4) is 0 Å². The van der Waals surface area contributed by atoms with Gasteiger partial charge in [-0.3, -0.25) is 19.2 Å². The molecule has 0 bridgehead atoms. The summed E-state index contributed by atoms with van der Waals surface area (Å²) >= 11 is 11.7. The molecule has 0 fully saturated rings. The molecule has 0 unspecified atom stereocenters. The van der Waals surface area contributed by atoms with E-state index in [1.54, 1.807) is 0 Å². The molecule has 44 heavy (non-hydrogen) atoms. The van der Waals surface area contributed by atoms with Gasteiger partial charge in [-0.15, -0.1) is 0 Å². The lowest BCUT2D eigenvalue weighted by molar-refractivity contribution is -0.120. The smallest absolute Gasteiger partial charge is 0.337 e. The molecule has 0 aliphatic carbocycles. The van der Waals surface area contributed by atoms with Crippen molar-refractivity contribution in [2.24, 2.45) is 0 Å². The van der Waals surface area contributed by atoms with Crippen LogP contribution < -0.4 is 21.3 Å². The highest BCUT2D eigenvalue weighted by molar-refractivity contribution is 14.1. The highest BCUT2D eigenvalue weighted by Gasteiger charge is 2.27. The number of unbranched alkanes of at least 4 members (excludes halogenated alkanes) is 1. The summed E-state index contributed by atoms with van der Waals surface area (Å²) in [6.45, 7) is 2.91. The van der Waals surface area contributed by atoms with Crippen LogP contribution in [-0.4, -0.2) is 45.8 Å². The summed E-state index contributed by atoms with van der Waals surface area (Å²) in [5.41, 5.74) is 1.92. The highest BCUT2D eigenvalue weighted by atomic mass is 127. The summed E-state index contributed by atoms with van der Waals surface area (Å²) in [4.78, 5) is 72.6. The van der Waals surface area contributed by atoms with Crippen LogP contribution in [0.3, 0.4) is 0 Å². The Labute approximate surface area is 334 Å². The highest BCUT2D eigenvalue weighted by Crippen LogP contribution is 2.37. The minimum atomic E-state index is -1.16. The molecule has 0 radical (unpaired) electrons. The van der Waals surface area contributed by atoms with Crippen LogP contribution in [0.1, 0.15) is 71.4 Å². The predicted molar refractivity (Wildman–Crippen MR) is 214 cm³/mol. The Kier molecular flexibility index (Phi) is 16.5. The van der Waals surface area contributed by atoms with Crippen LogP contribution in [0.2, 0.25) is 0 Å². The third-order valence-corrected chi connectivity index (χ3v) is 12.8. The van der Waals surface area contributed by atoms with Gasteiger partial charge in [0.1, 0.15) is 0 Å². The normalized spacial score (nSPS) is 10.6. The Bertz CT molecular complexity index is 1440. The maximum Gasteiger partial charge on any atom is 0.337 e. The number of hydrogen-bond donors (Lipinski definition) is 6. The second kappa shape index (κ2) is 18.3. The van der Waals surface area contributed by atoms with E-state index >= 15 is 0 Å². The van der Waals surface area contributed by atoms with Crippen LogP contribution in [0, 0.1) is 21.4 Å². The summed E-state index contributed by atoms with van der Waals surface area (Å²) in [6.07, 6.45) is 0.849. The molecule has 0 atom stereocenters. The van der Waals surface area contributed by atoms with Crippen molar-refractivity contribution in [2.75, 3.05) is 10.6 Å². The molecule has 238 valence electrons. The second-order valence-electron chi connectivity index (χ2n) is 9.07. The van der Waals surface area contributed by atoms with Crippen LogP contribution in [0.5, 0.6) is 0 Å². The topological polar surface area (TPSA) is 191 Å². The second-order valence-corrected chi connectivity index (χ2v) is 15.5. The maximum absolute atomic E-state index is 12.8. The molecular formula is C26H24I6N4O8. The summed E-state index contributed by atoms with van der Waals surface area (Å²) < 4.78 is 2.90. The first-order chi connectivity index (χ1) is 20.5. The number of amides is 4. The zero-order valence-corrected chi connectivity index (χ0v) is 35.8. The van der Waals surface area contributed by atoms with Crippen molar-refractivity contribution in [1.82, 2.24) is 10.6 Å². The van der Waals surface area contributed by atoms with Gasteiger partial charge >= 0.3 is 11.9 Å². The number of carbonyl (C=O) groups excluding carboxylic acids is 4. The fraction of sp³-hybridized carbons (Fsp3) is 0.308. The number of carboxylic acids is 2. The Morgan fingerprint density at radius 1 is 0.545 bits per heavy atom. The molecule has 18 heteroatoms. The molecule has 0 heterocycles. The van der Waals surface area contributed by atoms with Gasteiger partial charge in [-0.2, -0.15) is 0 Å². The summed E-state index contributed by atoms with van der Waals surface area (Å²) in [6, 6.07) is 0. The molecular weight excluding hydrogens is 1260 g/mol. The predicted octanol–water partition coefficient (Wildman–Crippen LogP) is 6.12. The van der Waals surface area contributed by atoms with E-state index in [4.69, 9.17) is 0 Å². The van der Waals surface area contributed by atoms with Crippen LogP contribution in [0.4, 0.5) is 11.4 Å². The van der Waals surface area contributed by atoms with Crippen LogP contribution in [-0.2, 0) is 32.3 Å². The van der Waals surface area contributed by atoms with E-state index in [0.717, 1.165) is 0 Å². The van der Waals surface area contributed by atoms with Crippen molar-refractivity contribution in [2.45, 2.75) is 52.6 Å². The lowest BCUT2D eigenvalue weighted by atomic mass is 10.1. The van der Waals surface area contributed by atoms with Gasteiger partial charge in [0.2, 0.25) is 23.6 Å². The third kappa shape index (κ3) is 10.6. The van der Waals surface area contributed by atoms with Crippen molar-refractivity contribution >= 4 is 182 Å². The molecule has 0 aliphatic rings. The Balaban J connectivity index is 2.13. The van der Waals surface area contributed by atoms with Crippen molar-refractivity contribution in [3.63, 3.8) is 0 Å². The van der Waals surface area contributed by atoms with Crippen molar-refractivity contribution in [3.05, 3.63) is 43.7 Å². The molecule has 0 aromatic heterocycles. The van der Waals surface area contributed by atoms with E-state index in [2.05, 4.69) is 21.3 Å². The molecule has 2 aromatic rings. The van der Waals surface area contributed by atoms with Crippen molar-refractivity contribution < 1.29 is 39.0 Å². The summed E-state index contributed by atoms with van der Waals surface area (Å²) in [7, 11) is 0. The summed E-state index contributed by atoms with van der Waals surface area (Å²) in [5.74, 6) is -3.59. The zero-order valence-electron chi connectivity index (χ0n) is 22.9. The maximum atomic E-state index is 12.8. The number of carbonyl (C=O) groups is 6. The van der Waals surface area contributed by atoms with Crippen LogP contribution >= 0.6 is 136 Å². The minimum Gasteiger partial charge on any atom is -0.478 e. The van der Waals surface area contributed by atoms with Gasteiger partial charge < -0.3 is 31.5 Å². The Morgan fingerprint density at radius 3 is 1.14 bits per heavy atom. The standard InChI is InChI=1S/C26H24I6N4O8/c1-9(37)33-7-11-17(27)15(25(41)42)21(31)23(19(11)29)35-13(39)5-3-4-6-14(40)36-24-20(30)12(8-34-10(2)38)18(28)16(22(24)32)26(43)44/h3-8H2,1-2H3,(H,33,37)(H,34,38)(H,35,39)(H,36,40)(H,41,42)(H,43,44). The number of benzene rings is 2. The Hall–Kier alpha value is -0.360. The monoisotopic (exact) mass is 1280 g/mol. The van der Waals surface area contributed by atoms with Crippen LogP contribution in [0.15, 0.2) is 0 Å². The fourth-order valence-corrected chi connectivity index (χ4v) is 12.3. The molecule has 4 amide bonds. The first-order valence-electron chi connectivity index (χ1n) is 12.4. The first-order valence-corrected chi connectivity index (χ1v) is 18.9. The fourth-order valence-electron chi connectivity index (χ4n) is 3.74. The van der Waals surface area contributed by atoms with Crippen LogP contribution in [0.25, 0.3) is 0 Å². The number of anilines is 2. The molecule has 12 nitrogen and oxygen atoms in total. The molecule has 0 spiro atoms. The number of rotatable bonds is 13. The van der Waals surface area contributed by atoms with Gasteiger partial charge in [-0.1, -0.05) is 0 Å². The number of aromatic carboxylic acids is 2. The molecule has 0 saturated heterocycles. The lowest BCUT2D eigenvalue weighted by Crippen LogP contribution is -2.23. The zero-order chi connectivity index (χ0) is 33.5. The van der Waals surface area contributed by atoms with Gasteiger partial charge in [0.15, 0.2) is 0 Å². The van der Waals surface area contributed by atoms with E-state index in [1.165, 1.54) is 13.8 Å². The van der Waals surface area contributed by atoms with E-state index in [0.29, 0.717) is 56.8 Å². The molecule has 6 N–H and O–H groups in total. The third-order valence-electron chi connectivity index (χ3n) is 5.86. The van der Waals surface area contributed by atoms with E-state index in [-0.39, 0.29) is 60.7 Å². The van der Waals surface area contributed by atoms with Gasteiger partial charge in [0.25, 0.3) is 0 Å². The van der Waals surface area contributed by atoms with Gasteiger partial charge in [-0.05, 0) is 148 Å². The van der Waals surface area contributed by atoms with Gasteiger partial charge in [0, 0.05) is 65.2 Å². The average Bonchev–Trinajstić information content (AvgIpc) is 2.90. The number of halogens is 6.